The Kier molecular flexibility index (Phi) is 7.25. The van der Waals surface area contributed by atoms with Crippen LogP contribution >= 0.6 is 0 Å². The van der Waals surface area contributed by atoms with Crippen molar-refractivity contribution >= 4 is 13.5 Å². The molecular formula is C11H18BNO3. The Morgan fingerprint density at radius 3 is 2.62 bits per heavy atom. The van der Waals surface area contributed by atoms with Crippen LogP contribution in [-0.2, 0) is 9.45 Å². The van der Waals surface area contributed by atoms with Gasteiger partial charge in [0.1, 0.15) is 0 Å². The first-order valence-corrected chi connectivity index (χ1v) is 5.10. The van der Waals surface area contributed by atoms with Crippen molar-refractivity contribution in [2.24, 2.45) is 0 Å². The number of hydrogen-bond donors (Lipinski definition) is 2. The molecule has 0 rings (SSSR count). The van der Waals surface area contributed by atoms with E-state index in [0.29, 0.717) is 29.8 Å². The predicted octanol–water partition coefficient (Wildman–Crippen LogP) is 1.19. The summed E-state index contributed by atoms with van der Waals surface area (Å²) in [6, 6.07) is 0. The highest BCUT2D eigenvalue weighted by Crippen LogP contribution is 2.12. The first-order chi connectivity index (χ1) is 7.56. The second-order valence-electron chi connectivity index (χ2n) is 3.19. The zero-order valence-electron chi connectivity index (χ0n) is 9.99. The normalized spacial score (nSPS) is 12.2. The third-order valence-corrected chi connectivity index (χ3v) is 1.93. The zero-order valence-corrected chi connectivity index (χ0v) is 9.99. The standard InChI is InChI=1S/C11H18BNO3/c1-5-10(13-8-14)7-11(9(3)4)12(15)16-6-2/h5,7-8,15H,3,6H2,1-2,4H3,(H,13,14)/b10-5?,11-7+. The van der Waals surface area contributed by atoms with Crippen LogP contribution in [0.15, 0.2) is 35.5 Å². The molecule has 0 heterocycles. The van der Waals surface area contributed by atoms with E-state index < -0.39 is 7.12 Å². The highest BCUT2D eigenvalue weighted by atomic mass is 16.5. The summed E-state index contributed by atoms with van der Waals surface area (Å²) >= 11 is 0. The topological polar surface area (TPSA) is 58.6 Å². The Morgan fingerprint density at radius 1 is 1.62 bits per heavy atom. The van der Waals surface area contributed by atoms with Crippen LogP contribution in [0.1, 0.15) is 20.8 Å². The number of amides is 1. The van der Waals surface area contributed by atoms with Crippen molar-refractivity contribution < 1.29 is 14.5 Å². The van der Waals surface area contributed by atoms with Gasteiger partial charge < -0.3 is 15.0 Å². The predicted molar refractivity (Wildman–Crippen MR) is 65.5 cm³/mol. The molecule has 4 nitrogen and oxygen atoms in total. The minimum Gasteiger partial charge on any atom is -0.423 e. The van der Waals surface area contributed by atoms with Crippen molar-refractivity contribution in [3.63, 3.8) is 0 Å². The fraction of sp³-hybridized carbons (Fsp3) is 0.364. The first-order valence-electron chi connectivity index (χ1n) is 5.10. The average Bonchev–Trinajstić information content (AvgIpc) is 2.23. The maximum atomic E-state index is 10.3. The van der Waals surface area contributed by atoms with Crippen LogP contribution in [-0.4, -0.2) is 25.2 Å². The lowest BCUT2D eigenvalue weighted by Gasteiger charge is -2.11. The Hall–Kier alpha value is -1.33. The van der Waals surface area contributed by atoms with E-state index in [1.807, 2.05) is 0 Å². The lowest BCUT2D eigenvalue weighted by molar-refractivity contribution is -0.108. The van der Waals surface area contributed by atoms with E-state index in [-0.39, 0.29) is 0 Å². The van der Waals surface area contributed by atoms with Crippen molar-refractivity contribution in [3.8, 4) is 0 Å². The lowest BCUT2D eigenvalue weighted by Crippen LogP contribution is -2.23. The largest absolute Gasteiger partial charge is 0.491 e. The number of hydrogen-bond acceptors (Lipinski definition) is 3. The smallest absolute Gasteiger partial charge is 0.423 e. The highest BCUT2D eigenvalue weighted by molar-refractivity contribution is 6.53. The molecule has 0 saturated heterocycles. The fourth-order valence-corrected chi connectivity index (χ4v) is 1.10. The minimum absolute atomic E-state index is 0.401. The summed E-state index contributed by atoms with van der Waals surface area (Å²) in [4.78, 5) is 10.3. The third kappa shape index (κ3) is 4.95. The molecule has 2 N–H and O–H groups in total. The van der Waals surface area contributed by atoms with Gasteiger partial charge in [0, 0.05) is 12.3 Å². The zero-order chi connectivity index (χ0) is 12.6. The van der Waals surface area contributed by atoms with Crippen molar-refractivity contribution in [2.75, 3.05) is 6.61 Å². The third-order valence-electron chi connectivity index (χ3n) is 1.93. The van der Waals surface area contributed by atoms with Crippen LogP contribution in [0.2, 0.25) is 0 Å². The lowest BCUT2D eigenvalue weighted by atomic mass is 9.74. The van der Waals surface area contributed by atoms with Crippen molar-refractivity contribution in [1.82, 2.24) is 5.32 Å². The Morgan fingerprint density at radius 2 is 2.25 bits per heavy atom. The van der Waals surface area contributed by atoms with Crippen LogP contribution in [0.25, 0.3) is 0 Å². The van der Waals surface area contributed by atoms with E-state index in [1.165, 1.54) is 0 Å². The van der Waals surface area contributed by atoms with Crippen LogP contribution in [0.4, 0.5) is 0 Å². The molecule has 88 valence electrons. The molecule has 0 aromatic carbocycles. The van der Waals surface area contributed by atoms with E-state index in [1.54, 1.807) is 32.9 Å². The molecule has 0 aromatic rings. The molecular weight excluding hydrogens is 205 g/mol. The summed E-state index contributed by atoms with van der Waals surface area (Å²) < 4.78 is 5.07. The second-order valence-corrected chi connectivity index (χ2v) is 3.19. The summed E-state index contributed by atoms with van der Waals surface area (Å²) in [7, 11) is -1.02. The fourth-order valence-electron chi connectivity index (χ4n) is 1.10. The molecule has 0 aliphatic carbocycles. The maximum absolute atomic E-state index is 10.3. The SMILES string of the molecule is C=C(C)/C(=C\C(=CC)NC=O)B(O)OCC. The number of carbonyl (C=O) groups is 1. The van der Waals surface area contributed by atoms with Gasteiger partial charge in [-0.25, -0.2) is 0 Å². The number of carbonyl (C=O) groups excluding carboxylic acids is 1. The second kappa shape index (κ2) is 7.90. The Bertz CT molecular complexity index is 310. The maximum Gasteiger partial charge on any atom is 0.491 e. The number of nitrogens with one attached hydrogen (secondary N) is 1. The van der Waals surface area contributed by atoms with Crippen molar-refractivity contribution in [3.05, 3.63) is 35.5 Å². The van der Waals surface area contributed by atoms with E-state index in [4.69, 9.17) is 4.65 Å². The molecule has 0 aromatic heterocycles. The summed E-state index contributed by atoms with van der Waals surface area (Å²) in [5.41, 5.74) is 1.82. The molecule has 0 spiro atoms. The Balaban J connectivity index is 4.95. The van der Waals surface area contributed by atoms with Gasteiger partial charge in [-0.15, -0.1) is 0 Å². The van der Waals surface area contributed by atoms with Gasteiger partial charge in [0.25, 0.3) is 0 Å². The van der Waals surface area contributed by atoms with Gasteiger partial charge in [0.15, 0.2) is 0 Å². The molecule has 0 unspecified atom stereocenters. The summed E-state index contributed by atoms with van der Waals surface area (Å²) in [6.45, 7) is 9.50. The van der Waals surface area contributed by atoms with E-state index >= 15 is 0 Å². The quantitative estimate of drug-likeness (QED) is 0.387. The van der Waals surface area contributed by atoms with Gasteiger partial charge in [0.2, 0.25) is 6.41 Å². The average molecular weight is 223 g/mol. The molecule has 0 atom stereocenters. The van der Waals surface area contributed by atoms with E-state index in [9.17, 15) is 9.82 Å². The summed E-state index contributed by atoms with van der Waals surface area (Å²) in [5, 5.41) is 12.2. The summed E-state index contributed by atoms with van der Waals surface area (Å²) in [5.74, 6) is 0. The van der Waals surface area contributed by atoms with E-state index in [2.05, 4.69) is 11.9 Å². The Labute approximate surface area is 96.8 Å². The molecule has 0 fully saturated rings. The molecule has 0 radical (unpaired) electrons. The molecule has 0 bridgehead atoms. The first kappa shape index (κ1) is 14.7. The monoisotopic (exact) mass is 223 g/mol. The number of rotatable bonds is 7. The van der Waals surface area contributed by atoms with Crippen LogP contribution in [0, 0.1) is 0 Å². The molecule has 0 aliphatic heterocycles. The van der Waals surface area contributed by atoms with Gasteiger partial charge in [-0.2, -0.15) is 0 Å². The van der Waals surface area contributed by atoms with E-state index in [0.717, 1.165) is 0 Å². The van der Waals surface area contributed by atoms with Gasteiger partial charge in [-0.1, -0.05) is 18.2 Å². The highest BCUT2D eigenvalue weighted by Gasteiger charge is 2.19. The molecule has 5 heteroatoms. The number of allylic oxidation sites excluding steroid dienone is 4. The summed E-state index contributed by atoms with van der Waals surface area (Å²) in [6.07, 6.45) is 3.93. The van der Waals surface area contributed by atoms with Gasteiger partial charge in [-0.3, -0.25) is 4.79 Å². The van der Waals surface area contributed by atoms with Crippen LogP contribution in [0.3, 0.4) is 0 Å². The van der Waals surface area contributed by atoms with Gasteiger partial charge in [-0.05, 0) is 32.3 Å². The minimum atomic E-state index is -1.02. The molecule has 16 heavy (non-hydrogen) atoms. The molecule has 0 aliphatic rings. The van der Waals surface area contributed by atoms with Crippen LogP contribution < -0.4 is 5.32 Å². The van der Waals surface area contributed by atoms with Crippen molar-refractivity contribution in [2.45, 2.75) is 20.8 Å². The molecule has 0 saturated carbocycles. The van der Waals surface area contributed by atoms with Crippen LogP contribution in [0.5, 0.6) is 0 Å². The van der Waals surface area contributed by atoms with Crippen molar-refractivity contribution in [1.29, 1.82) is 0 Å². The van der Waals surface area contributed by atoms with Gasteiger partial charge in [0.05, 0.1) is 0 Å². The molecule has 1 amide bonds. The van der Waals surface area contributed by atoms with Gasteiger partial charge >= 0.3 is 7.12 Å².